The van der Waals surface area contributed by atoms with Crippen LogP contribution in [-0.4, -0.2) is 54.5 Å². The molecule has 2 heterocycles. The second kappa shape index (κ2) is 7.83. The fraction of sp³-hybridized carbons (Fsp3) is 0.389. The Morgan fingerprint density at radius 3 is 2.39 bits per heavy atom. The van der Waals surface area contributed by atoms with Crippen molar-refractivity contribution in [2.24, 2.45) is 0 Å². The van der Waals surface area contributed by atoms with E-state index in [1.165, 1.54) is 9.80 Å². The highest BCUT2D eigenvalue weighted by Gasteiger charge is 2.35. The maximum Gasteiger partial charge on any atom is 0.433 e. The number of amides is 1. The van der Waals surface area contributed by atoms with Crippen molar-refractivity contribution in [2.75, 3.05) is 43.5 Å². The number of hydrogen-bond donors (Lipinski definition) is 0. The fourth-order valence-corrected chi connectivity index (χ4v) is 2.92. The summed E-state index contributed by atoms with van der Waals surface area (Å²) in [5, 5.41) is 0.610. The predicted molar refractivity (Wildman–Crippen MR) is 100 cm³/mol. The van der Waals surface area contributed by atoms with E-state index in [-0.39, 0.29) is 24.2 Å². The largest absolute Gasteiger partial charge is 0.433 e. The van der Waals surface area contributed by atoms with Crippen LogP contribution in [0.4, 0.5) is 24.9 Å². The third-order valence-corrected chi connectivity index (χ3v) is 4.59. The number of carbonyl (C=O) groups excluding carboxylic acids is 1. The lowest BCUT2D eigenvalue weighted by atomic mass is 10.2. The van der Waals surface area contributed by atoms with Gasteiger partial charge in [0, 0.05) is 44.8 Å². The first-order valence-corrected chi connectivity index (χ1v) is 8.92. The van der Waals surface area contributed by atoms with Crippen LogP contribution in [0.25, 0.3) is 0 Å². The van der Waals surface area contributed by atoms with Gasteiger partial charge in [0.25, 0.3) is 0 Å². The minimum absolute atomic E-state index is 0.0816. The maximum absolute atomic E-state index is 13.2. The van der Waals surface area contributed by atoms with Crippen molar-refractivity contribution >= 4 is 29.3 Å². The van der Waals surface area contributed by atoms with Gasteiger partial charge in [-0.2, -0.15) is 18.2 Å². The molecule has 0 spiro atoms. The molecule has 1 aromatic carbocycles. The molecule has 1 saturated heterocycles. The van der Waals surface area contributed by atoms with Crippen molar-refractivity contribution < 1.29 is 18.0 Å². The van der Waals surface area contributed by atoms with Gasteiger partial charge in [0.2, 0.25) is 11.9 Å². The maximum atomic E-state index is 13.2. The Bertz CT molecular complexity index is 857. The van der Waals surface area contributed by atoms with Crippen molar-refractivity contribution in [3.05, 3.63) is 46.6 Å². The first kappa shape index (κ1) is 20.2. The molecule has 1 aliphatic rings. The summed E-state index contributed by atoms with van der Waals surface area (Å²) < 4.78 is 39.5. The normalized spacial score (nSPS) is 15.1. The van der Waals surface area contributed by atoms with Crippen LogP contribution in [0.5, 0.6) is 0 Å². The number of piperazine rings is 1. The summed E-state index contributed by atoms with van der Waals surface area (Å²) in [6, 6.07) is 8.05. The average molecular weight is 414 g/mol. The lowest BCUT2D eigenvalue weighted by Gasteiger charge is -2.34. The molecule has 1 aromatic heterocycles. The smallest absolute Gasteiger partial charge is 0.363 e. The summed E-state index contributed by atoms with van der Waals surface area (Å²) in [6.07, 6.45) is -4.59. The molecule has 0 bridgehead atoms. The number of carbonyl (C=O) groups is 1. The summed E-state index contributed by atoms with van der Waals surface area (Å²) in [4.78, 5) is 24.9. The SMILES string of the molecule is CN(C)c1cc(C(F)(F)F)nc(N2CCN(Cc3ccc(Cl)cc3)C(=O)C2)n1. The van der Waals surface area contributed by atoms with E-state index in [9.17, 15) is 18.0 Å². The van der Waals surface area contributed by atoms with E-state index in [0.29, 0.717) is 24.7 Å². The van der Waals surface area contributed by atoms with Gasteiger partial charge in [0.1, 0.15) is 12.4 Å². The van der Waals surface area contributed by atoms with E-state index in [0.717, 1.165) is 11.6 Å². The molecule has 1 aliphatic heterocycles. The molecule has 0 N–H and O–H groups in total. The van der Waals surface area contributed by atoms with E-state index in [1.807, 2.05) is 12.1 Å². The third kappa shape index (κ3) is 4.64. The highest BCUT2D eigenvalue weighted by atomic mass is 35.5. The van der Waals surface area contributed by atoms with E-state index >= 15 is 0 Å². The van der Waals surface area contributed by atoms with Crippen LogP contribution in [0, 0.1) is 0 Å². The Labute approximate surface area is 165 Å². The van der Waals surface area contributed by atoms with E-state index in [4.69, 9.17) is 11.6 Å². The molecule has 6 nitrogen and oxygen atoms in total. The van der Waals surface area contributed by atoms with Crippen LogP contribution in [-0.2, 0) is 17.5 Å². The van der Waals surface area contributed by atoms with E-state index in [1.54, 1.807) is 31.1 Å². The lowest BCUT2D eigenvalue weighted by molar-refractivity contribution is -0.141. The summed E-state index contributed by atoms with van der Waals surface area (Å²) in [7, 11) is 3.20. The number of alkyl halides is 3. The minimum Gasteiger partial charge on any atom is -0.363 e. The van der Waals surface area contributed by atoms with Crippen molar-refractivity contribution in [2.45, 2.75) is 12.7 Å². The Hall–Kier alpha value is -2.55. The zero-order valence-electron chi connectivity index (χ0n) is 15.4. The van der Waals surface area contributed by atoms with Gasteiger partial charge in [-0.3, -0.25) is 4.79 Å². The van der Waals surface area contributed by atoms with Gasteiger partial charge in [-0.1, -0.05) is 23.7 Å². The Kier molecular flexibility index (Phi) is 5.64. The van der Waals surface area contributed by atoms with Gasteiger partial charge >= 0.3 is 6.18 Å². The Morgan fingerprint density at radius 2 is 1.82 bits per heavy atom. The van der Waals surface area contributed by atoms with Crippen molar-refractivity contribution in [1.82, 2.24) is 14.9 Å². The number of benzene rings is 1. The van der Waals surface area contributed by atoms with Gasteiger partial charge in [-0.05, 0) is 17.7 Å². The zero-order valence-corrected chi connectivity index (χ0v) is 16.1. The van der Waals surface area contributed by atoms with E-state index < -0.39 is 11.9 Å². The van der Waals surface area contributed by atoms with E-state index in [2.05, 4.69) is 9.97 Å². The molecule has 150 valence electrons. The average Bonchev–Trinajstić information content (AvgIpc) is 2.64. The van der Waals surface area contributed by atoms with Crippen LogP contribution in [0.2, 0.25) is 5.02 Å². The van der Waals surface area contributed by atoms with Gasteiger partial charge in [0.05, 0.1) is 0 Å². The van der Waals surface area contributed by atoms with Crippen molar-refractivity contribution in [1.29, 1.82) is 0 Å². The van der Waals surface area contributed by atoms with Crippen LogP contribution in [0.3, 0.4) is 0 Å². The highest BCUT2D eigenvalue weighted by molar-refractivity contribution is 6.30. The Balaban J connectivity index is 1.77. The molecule has 2 aromatic rings. The first-order valence-electron chi connectivity index (χ1n) is 8.54. The molecular weight excluding hydrogens is 395 g/mol. The molecule has 1 fully saturated rings. The fourth-order valence-electron chi connectivity index (χ4n) is 2.79. The lowest BCUT2D eigenvalue weighted by Crippen LogP contribution is -2.50. The molecule has 10 heteroatoms. The number of anilines is 2. The zero-order chi connectivity index (χ0) is 20.5. The number of aromatic nitrogens is 2. The predicted octanol–water partition coefficient (Wildman–Crippen LogP) is 3.06. The highest BCUT2D eigenvalue weighted by Crippen LogP contribution is 2.31. The molecule has 0 radical (unpaired) electrons. The quantitative estimate of drug-likeness (QED) is 0.771. The molecular formula is C18H19ClF3N5O. The van der Waals surface area contributed by atoms with Crippen LogP contribution in [0.1, 0.15) is 11.3 Å². The monoisotopic (exact) mass is 413 g/mol. The number of hydrogen-bond acceptors (Lipinski definition) is 5. The van der Waals surface area contributed by atoms with Crippen molar-refractivity contribution in [3.8, 4) is 0 Å². The summed E-state index contributed by atoms with van der Waals surface area (Å²) >= 11 is 5.87. The summed E-state index contributed by atoms with van der Waals surface area (Å²) in [5.74, 6) is -0.167. The topological polar surface area (TPSA) is 52.6 Å². The molecule has 0 aliphatic carbocycles. The second-order valence-electron chi connectivity index (χ2n) is 6.67. The van der Waals surface area contributed by atoms with Gasteiger partial charge in [-0.25, -0.2) is 4.98 Å². The second-order valence-corrected chi connectivity index (χ2v) is 7.10. The van der Waals surface area contributed by atoms with Gasteiger partial charge < -0.3 is 14.7 Å². The summed E-state index contributed by atoms with van der Waals surface area (Å²) in [5.41, 5.74) is -0.103. The van der Waals surface area contributed by atoms with Crippen LogP contribution in [0.15, 0.2) is 30.3 Å². The van der Waals surface area contributed by atoms with Crippen LogP contribution < -0.4 is 9.80 Å². The molecule has 3 rings (SSSR count). The summed E-state index contributed by atoms with van der Waals surface area (Å²) in [6.45, 7) is 1.03. The number of nitrogens with zero attached hydrogens (tertiary/aromatic N) is 5. The first-order chi connectivity index (χ1) is 13.1. The van der Waals surface area contributed by atoms with Crippen LogP contribution >= 0.6 is 11.6 Å². The molecule has 1 amide bonds. The Morgan fingerprint density at radius 1 is 1.14 bits per heavy atom. The number of halogens is 4. The van der Waals surface area contributed by atoms with Crippen molar-refractivity contribution in [3.63, 3.8) is 0 Å². The molecule has 28 heavy (non-hydrogen) atoms. The third-order valence-electron chi connectivity index (χ3n) is 4.34. The van der Waals surface area contributed by atoms with Gasteiger partial charge in [0.15, 0.2) is 5.69 Å². The minimum atomic E-state index is -4.59. The molecule has 0 unspecified atom stereocenters. The molecule has 0 atom stereocenters. The number of rotatable bonds is 4. The standard InChI is InChI=1S/C18H19ClF3N5O/c1-25(2)15-9-14(18(20,21)22)23-17(24-15)27-8-7-26(16(28)11-27)10-12-3-5-13(19)6-4-12/h3-6,9H,7-8,10-11H2,1-2H3. The van der Waals surface area contributed by atoms with Gasteiger partial charge in [-0.15, -0.1) is 0 Å². The molecule has 0 saturated carbocycles.